The lowest BCUT2D eigenvalue weighted by Gasteiger charge is -2.19. The van der Waals surface area contributed by atoms with Crippen molar-refractivity contribution in [2.45, 2.75) is 39.3 Å². The first-order valence-corrected chi connectivity index (χ1v) is 12.5. The van der Waals surface area contributed by atoms with Crippen LogP contribution >= 0.6 is 0 Å². The van der Waals surface area contributed by atoms with Crippen LogP contribution in [0, 0.1) is 5.82 Å². The minimum absolute atomic E-state index is 0.158. The van der Waals surface area contributed by atoms with Gasteiger partial charge in [0.25, 0.3) is 0 Å². The minimum Gasteiger partial charge on any atom is -0.353 e. The molecule has 0 radical (unpaired) electrons. The highest BCUT2D eigenvalue weighted by Gasteiger charge is 2.24. The van der Waals surface area contributed by atoms with Crippen LogP contribution in [0.4, 0.5) is 16.2 Å². The Balaban J connectivity index is 1.34. The number of nitrogens with one attached hydrogen (secondary N) is 1. The van der Waals surface area contributed by atoms with Gasteiger partial charge in [-0.2, -0.15) is 5.10 Å². The Labute approximate surface area is 221 Å². The van der Waals surface area contributed by atoms with Crippen LogP contribution in [0.3, 0.4) is 0 Å². The third kappa shape index (κ3) is 5.26. The molecule has 0 unspecified atom stereocenters. The van der Waals surface area contributed by atoms with Crippen LogP contribution in [0.1, 0.15) is 37.7 Å². The summed E-state index contributed by atoms with van der Waals surface area (Å²) in [5, 5.41) is 8.47. The number of nitrogens with zero attached hydrogens (tertiary/aromatic N) is 8. The Bertz CT molecular complexity index is 1580. The molecule has 0 bridgehead atoms. The maximum atomic E-state index is 14.8. The molecule has 0 saturated carbocycles. The maximum absolute atomic E-state index is 14.8. The number of hydrogen-bond donors (Lipinski definition) is 1. The molecule has 9 nitrogen and oxygen atoms in total. The Morgan fingerprint density at radius 3 is 2.50 bits per heavy atom. The molecule has 0 aromatic carbocycles. The van der Waals surface area contributed by atoms with E-state index >= 15 is 0 Å². The topological polar surface area (TPSA) is 89.6 Å². The third-order valence-corrected chi connectivity index (χ3v) is 6.42. The summed E-state index contributed by atoms with van der Waals surface area (Å²) < 4.78 is 18.8. The fourth-order valence-corrected chi connectivity index (χ4v) is 4.74. The molecule has 0 aliphatic heterocycles. The number of anilines is 2. The quantitative estimate of drug-likeness (QED) is 0.329. The molecule has 196 valence electrons. The summed E-state index contributed by atoms with van der Waals surface area (Å²) in [5.41, 5.74) is 4.53. The largest absolute Gasteiger partial charge is 0.353 e. The van der Waals surface area contributed by atoms with Crippen molar-refractivity contribution in [1.29, 1.82) is 0 Å². The van der Waals surface area contributed by atoms with Gasteiger partial charge in [-0.1, -0.05) is 26.8 Å². The van der Waals surface area contributed by atoms with E-state index in [1.807, 2.05) is 55.4 Å². The van der Waals surface area contributed by atoms with E-state index in [-0.39, 0.29) is 17.1 Å². The molecule has 5 aromatic heterocycles. The predicted molar refractivity (Wildman–Crippen MR) is 146 cm³/mol. The van der Waals surface area contributed by atoms with Crippen molar-refractivity contribution in [3.63, 3.8) is 0 Å². The van der Waals surface area contributed by atoms with Crippen LogP contribution in [0.2, 0.25) is 0 Å². The first kappa shape index (κ1) is 25.5. The second-order valence-corrected chi connectivity index (χ2v) is 10.7. The number of rotatable bonds is 7. The van der Waals surface area contributed by atoms with Crippen molar-refractivity contribution in [1.82, 2.24) is 39.2 Å². The molecule has 5 aromatic rings. The third-order valence-electron chi connectivity index (χ3n) is 6.42. The van der Waals surface area contributed by atoms with E-state index in [0.29, 0.717) is 17.0 Å². The summed E-state index contributed by atoms with van der Waals surface area (Å²) >= 11 is 0. The fraction of sp³-hybridized carbons (Fsp3) is 0.321. The molecule has 0 saturated heterocycles. The number of hydrogen-bond acceptors (Lipinski definition) is 7. The van der Waals surface area contributed by atoms with Crippen LogP contribution < -0.4 is 5.32 Å². The van der Waals surface area contributed by atoms with E-state index in [1.165, 1.54) is 5.69 Å². The van der Waals surface area contributed by atoms with Crippen molar-refractivity contribution in [2.75, 3.05) is 12.4 Å². The smallest absolute Gasteiger partial charge is 0.229 e. The minimum atomic E-state index is -0.525. The predicted octanol–water partition coefficient (Wildman–Crippen LogP) is 4.97. The van der Waals surface area contributed by atoms with Gasteiger partial charge in [0.1, 0.15) is 11.5 Å². The van der Waals surface area contributed by atoms with E-state index in [1.54, 1.807) is 6.20 Å². The molecular weight excluding hydrogens is 481 g/mol. The summed E-state index contributed by atoms with van der Waals surface area (Å²) in [6.45, 7) is 7.94. The summed E-state index contributed by atoms with van der Waals surface area (Å²) in [6, 6.07) is 9.94. The maximum Gasteiger partial charge on any atom is 0.229 e. The van der Waals surface area contributed by atoms with Crippen LogP contribution in [-0.4, -0.2) is 46.2 Å². The van der Waals surface area contributed by atoms with Gasteiger partial charge in [0.2, 0.25) is 5.95 Å². The highest BCUT2D eigenvalue weighted by atomic mass is 19.1. The van der Waals surface area contributed by atoms with Crippen LogP contribution in [0.5, 0.6) is 0 Å². The number of pyridine rings is 2. The zero-order valence-corrected chi connectivity index (χ0v) is 22.6. The number of fused-ring (bicyclic) bond motifs is 1. The molecule has 5 rings (SSSR count). The number of halogens is 1. The summed E-state index contributed by atoms with van der Waals surface area (Å²) in [4.78, 5) is 19.8. The standard InChI is InChI=1S/C28H32FN9/c1-28(2,3)25-21-12-19(14-31-26(21)35-38(25)6)24-22(29)15-32-27(34-24)33-23-10-9-18(13-30-23)16-36(4)17-20-8-7-11-37(20)5/h7-15H,16-17H2,1-6H3,(H,30,32,33,34). The molecule has 10 heteroatoms. The van der Waals surface area contributed by atoms with Gasteiger partial charge in [0.15, 0.2) is 11.5 Å². The van der Waals surface area contributed by atoms with E-state index in [0.717, 1.165) is 35.9 Å². The van der Waals surface area contributed by atoms with Crippen molar-refractivity contribution in [2.24, 2.45) is 14.1 Å². The molecule has 0 aliphatic carbocycles. The highest BCUT2D eigenvalue weighted by Crippen LogP contribution is 2.32. The monoisotopic (exact) mass is 513 g/mol. The van der Waals surface area contributed by atoms with Gasteiger partial charge >= 0.3 is 0 Å². The molecule has 0 aliphatic rings. The second kappa shape index (κ2) is 9.94. The van der Waals surface area contributed by atoms with E-state index in [9.17, 15) is 4.39 Å². The fourth-order valence-electron chi connectivity index (χ4n) is 4.74. The van der Waals surface area contributed by atoms with Gasteiger partial charge in [0, 0.05) is 67.8 Å². The van der Waals surface area contributed by atoms with E-state index in [4.69, 9.17) is 0 Å². The molecule has 5 heterocycles. The molecule has 38 heavy (non-hydrogen) atoms. The Kier molecular flexibility index (Phi) is 6.66. The summed E-state index contributed by atoms with van der Waals surface area (Å²) in [7, 11) is 6.02. The van der Waals surface area contributed by atoms with Crippen molar-refractivity contribution in [3.8, 4) is 11.3 Å². The highest BCUT2D eigenvalue weighted by molar-refractivity contribution is 5.83. The van der Waals surface area contributed by atoms with Crippen LogP contribution in [0.25, 0.3) is 22.3 Å². The first-order chi connectivity index (χ1) is 18.1. The lowest BCUT2D eigenvalue weighted by Crippen LogP contribution is -2.18. The Morgan fingerprint density at radius 2 is 1.82 bits per heavy atom. The molecule has 0 amide bonds. The average molecular weight is 514 g/mol. The molecular formula is C28H32FN9. The van der Waals surface area contributed by atoms with Crippen molar-refractivity contribution >= 4 is 22.8 Å². The first-order valence-electron chi connectivity index (χ1n) is 12.5. The lowest BCUT2D eigenvalue weighted by atomic mass is 9.89. The van der Waals surface area contributed by atoms with Crippen molar-refractivity contribution in [3.05, 3.63) is 77.9 Å². The van der Waals surface area contributed by atoms with Crippen molar-refractivity contribution < 1.29 is 4.39 Å². The van der Waals surface area contributed by atoms with Gasteiger partial charge in [0.05, 0.1) is 11.9 Å². The van der Waals surface area contributed by atoms with E-state index in [2.05, 4.69) is 73.7 Å². The van der Waals surface area contributed by atoms with Gasteiger partial charge in [-0.05, 0) is 36.9 Å². The molecule has 1 N–H and O–H groups in total. The lowest BCUT2D eigenvalue weighted by molar-refractivity contribution is 0.311. The molecule has 0 fully saturated rings. The van der Waals surface area contributed by atoms with Crippen LogP contribution in [0.15, 0.2) is 55.1 Å². The van der Waals surface area contributed by atoms with E-state index < -0.39 is 5.82 Å². The SMILES string of the molecule is CN(Cc1ccc(Nc2ncc(F)c(-c3cnc4nn(C)c(C(C)(C)C)c4c3)n2)nc1)Cc1cccn1C. The van der Waals surface area contributed by atoms with Gasteiger partial charge in [-0.3, -0.25) is 9.58 Å². The number of aryl methyl sites for hydroxylation is 2. The van der Waals surface area contributed by atoms with Gasteiger partial charge in [-0.15, -0.1) is 0 Å². The Hall–Kier alpha value is -4.18. The zero-order valence-electron chi connectivity index (χ0n) is 22.6. The molecule has 0 atom stereocenters. The summed E-state index contributed by atoms with van der Waals surface area (Å²) in [5.74, 6) is 0.305. The normalized spacial score (nSPS) is 12.0. The number of aromatic nitrogens is 7. The van der Waals surface area contributed by atoms with Gasteiger partial charge < -0.3 is 9.88 Å². The second-order valence-electron chi connectivity index (χ2n) is 10.7. The zero-order chi connectivity index (χ0) is 27.0. The average Bonchev–Trinajstić information content (AvgIpc) is 3.42. The molecule has 0 spiro atoms. The summed E-state index contributed by atoms with van der Waals surface area (Å²) in [6.07, 6.45) is 6.62. The van der Waals surface area contributed by atoms with Crippen LogP contribution in [-0.2, 0) is 32.6 Å². The van der Waals surface area contributed by atoms with Gasteiger partial charge in [-0.25, -0.2) is 24.3 Å². The Morgan fingerprint density at radius 1 is 1.00 bits per heavy atom.